The molecule has 4 rings (SSSR count). The van der Waals surface area contributed by atoms with Crippen molar-refractivity contribution in [1.29, 1.82) is 0 Å². The zero-order valence-electron chi connectivity index (χ0n) is 16.1. The summed E-state index contributed by atoms with van der Waals surface area (Å²) < 4.78 is 0. The van der Waals surface area contributed by atoms with Crippen molar-refractivity contribution < 1.29 is 4.79 Å². The van der Waals surface area contributed by atoms with Crippen molar-refractivity contribution in [3.63, 3.8) is 0 Å². The molecule has 1 aromatic carbocycles. The fraction of sp³-hybridized carbons (Fsp3) is 0.455. The van der Waals surface area contributed by atoms with Gasteiger partial charge in [-0.15, -0.1) is 0 Å². The molecule has 2 saturated heterocycles. The average Bonchev–Trinajstić information content (AvgIpc) is 3.43. The predicted molar refractivity (Wildman–Crippen MR) is 113 cm³/mol. The highest BCUT2D eigenvalue weighted by Crippen LogP contribution is 2.26. The normalized spacial score (nSPS) is 18.4. The van der Waals surface area contributed by atoms with Gasteiger partial charge in [0.25, 0.3) is 5.91 Å². The zero-order chi connectivity index (χ0) is 19.3. The minimum atomic E-state index is -0.0771. The summed E-state index contributed by atoms with van der Waals surface area (Å²) in [6.07, 6.45) is 6.52. The van der Waals surface area contributed by atoms with Crippen molar-refractivity contribution in [2.24, 2.45) is 0 Å². The molecule has 1 N–H and O–H groups in total. The van der Waals surface area contributed by atoms with E-state index in [2.05, 4.69) is 26.2 Å². The molecular formula is C22H27ClN4O. The van der Waals surface area contributed by atoms with Gasteiger partial charge in [0.1, 0.15) is 5.82 Å². The molecule has 2 aliphatic heterocycles. The maximum atomic E-state index is 12.7. The first-order valence-electron chi connectivity index (χ1n) is 10.2. The first-order valence-corrected chi connectivity index (χ1v) is 10.6. The van der Waals surface area contributed by atoms with Crippen LogP contribution in [0.1, 0.15) is 47.6 Å². The number of amides is 1. The molecule has 6 heteroatoms. The lowest BCUT2D eigenvalue weighted by atomic mass is 10.1. The van der Waals surface area contributed by atoms with Gasteiger partial charge in [-0.25, -0.2) is 4.98 Å². The van der Waals surface area contributed by atoms with Gasteiger partial charge < -0.3 is 10.2 Å². The molecule has 3 heterocycles. The molecule has 28 heavy (non-hydrogen) atoms. The summed E-state index contributed by atoms with van der Waals surface area (Å²) in [6, 6.07) is 11.9. The molecule has 1 unspecified atom stereocenters. The Kier molecular flexibility index (Phi) is 6.13. The van der Waals surface area contributed by atoms with Crippen molar-refractivity contribution >= 4 is 23.3 Å². The SMILES string of the molecule is O=C(NCC(c1cccc(Cl)c1)N1CCCC1)c1ccc(N2CCCC2)nc1. The molecular weight excluding hydrogens is 372 g/mol. The molecule has 0 radical (unpaired) electrons. The number of carbonyl (C=O) groups is 1. The minimum absolute atomic E-state index is 0.0771. The number of rotatable bonds is 6. The van der Waals surface area contributed by atoms with Gasteiger partial charge in [-0.05, 0) is 68.6 Å². The molecule has 5 nitrogen and oxygen atoms in total. The number of pyridine rings is 1. The Morgan fingerprint density at radius 2 is 1.82 bits per heavy atom. The number of halogens is 1. The number of benzene rings is 1. The number of anilines is 1. The molecule has 1 aromatic heterocycles. The Balaban J connectivity index is 1.42. The predicted octanol–water partition coefficient (Wildman–Crippen LogP) is 3.90. The summed E-state index contributed by atoms with van der Waals surface area (Å²) >= 11 is 6.20. The number of carbonyl (C=O) groups excluding carboxylic acids is 1. The molecule has 2 aromatic rings. The van der Waals surface area contributed by atoms with Crippen LogP contribution < -0.4 is 10.2 Å². The van der Waals surface area contributed by atoms with Gasteiger partial charge in [0.15, 0.2) is 0 Å². The zero-order valence-corrected chi connectivity index (χ0v) is 16.9. The third-order valence-corrected chi connectivity index (χ3v) is 5.95. The van der Waals surface area contributed by atoms with Gasteiger partial charge >= 0.3 is 0 Å². The molecule has 1 amide bonds. The van der Waals surface area contributed by atoms with E-state index in [0.29, 0.717) is 12.1 Å². The third kappa shape index (κ3) is 4.47. The van der Waals surface area contributed by atoms with Crippen LogP contribution in [0.5, 0.6) is 0 Å². The van der Waals surface area contributed by atoms with E-state index in [-0.39, 0.29) is 11.9 Å². The van der Waals surface area contributed by atoms with Crippen LogP contribution in [-0.4, -0.2) is 48.5 Å². The molecule has 0 saturated carbocycles. The van der Waals surface area contributed by atoms with Crippen molar-refractivity contribution in [3.05, 3.63) is 58.7 Å². The van der Waals surface area contributed by atoms with Crippen LogP contribution in [0.15, 0.2) is 42.6 Å². The van der Waals surface area contributed by atoms with E-state index in [9.17, 15) is 4.79 Å². The highest BCUT2D eigenvalue weighted by Gasteiger charge is 2.24. The Morgan fingerprint density at radius 3 is 2.50 bits per heavy atom. The standard InChI is InChI=1S/C22H27ClN4O/c23-19-7-5-6-17(14-19)20(26-10-1-2-11-26)16-25-22(28)18-8-9-21(24-15-18)27-12-3-4-13-27/h5-9,14-15,20H,1-4,10-13,16H2,(H,25,28). The molecule has 148 valence electrons. The Bertz CT molecular complexity index is 798. The summed E-state index contributed by atoms with van der Waals surface area (Å²) in [6.45, 7) is 4.77. The number of nitrogens with one attached hydrogen (secondary N) is 1. The Hall–Kier alpha value is -2.11. The number of aromatic nitrogens is 1. The lowest BCUT2D eigenvalue weighted by Gasteiger charge is -2.28. The highest BCUT2D eigenvalue weighted by molar-refractivity contribution is 6.30. The molecule has 0 bridgehead atoms. The maximum absolute atomic E-state index is 12.7. The maximum Gasteiger partial charge on any atom is 0.252 e. The molecule has 1 atom stereocenters. The summed E-state index contributed by atoms with van der Waals surface area (Å²) in [7, 11) is 0. The van der Waals surface area contributed by atoms with E-state index < -0.39 is 0 Å². The van der Waals surface area contributed by atoms with E-state index in [1.165, 1.54) is 25.7 Å². The van der Waals surface area contributed by atoms with Crippen LogP contribution in [0.25, 0.3) is 0 Å². The number of hydrogen-bond acceptors (Lipinski definition) is 4. The molecule has 2 fully saturated rings. The minimum Gasteiger partial charge on any atom is -0.357 e. The average molecular weight is 399 g/mol. The number of hydrogen-bond donors (Lipinski definition) is 1. The van der Waals surface area contributed by atoms with E-state index >= 15 is 0 Å². The second kappa shape index (κ2) is 8.93. The van der Waals surface area contributed by atoms with Gasteiger partial charge in [-0.1, -0.05) is 23.7 Å². The third-order valence-electron chi connectivity index (χ3n) is 5.71. The van der Waals surface area contributed by atoms with Crippen molar-refractivity contribution in [1.82, 2.24) is 15.2 Å². The van der Waals surface area contributed by atoms with E-state index in [1.807, 2.05) is 30.3 Å². The Labute approximate surface area is 171 Å². The van der Waals surface area contributed by atoms with Crippen molar-refractivity contribution in [2.75, 3.05) is 37.6 Å². The highest BCUT2D eigenvalue weighted by atomic mass is 35.5. The molecule has 0 spiro atoms. The first-order chi connectivity index (χ1) is 13.7. The fourth-order valence-corrected chi connectivity index (χ4v) is 4.37. The summed E-state index contributed by atoms with van der Waals surface area (Å²) in [4.78, 5) is 21.9. The monoisotopic (exact) mass is 398 g/mol. The van der Waals surface area contributed by atoms with E-state index in [0.717, 1.165) is 42.6 Å². The lowest BCUT2D eigenvalue weighted by Crippen LogP contribution is -2.36. The van der Waals surface area contributed by atoms with Crippen LogP contribution in [0.4, 0.5) is 5.82 Å². The van der Waals surface area contributed by atoms with E-state index in [1.54, 1.807) is 6.20 Å². The van der Waals surface area contributed by atoms with E-state index in [4.69, 9.17) is 11.6 Å². The smallest absolute Gasteiger partial charge is 0.252 e. The van der Waals surface area contributed by atoms with Crippen LogP contribution >= 0.6 is 11.6 Å². The van der Waals surface area contributed by atoms with Crippen molar-refractivity contribution in [2.45, 2.75) is 31.7 Å². The summed E-state index contributed by atoms with van der Waals surface area (Å²) in [5, 5.41) is 3.84. The topological polar surface area (TPSA) is 48.5 Å². The summed E-state index contributed by atoms with van der Waals surface area (Å²) in [5.41, 5.74) is 1.76. The van der Waals surface area contributed by atoms with Crippen LogP contribution in [0.3, 0.4) is 0 Å². The quantitative estimate of drug-likeness (QED) is 0.801. The van der Waals surface area contributed by atoms with Gasteiger partial charge in [0.05, 0.1) is 11.6 Å². The molecule has 2 aliphatic rings. The van der Waals surface area contributed by atoms with Crippen LogP contribution in [0.2, 0.25) is 5.02 Å². The fourth-order valence-electron chi connectivity index (χ4n) is 4.17. The van der Waals surface area contributed by atoms with Gasteiger partial charge in [-0.3, -0.25) is 9.69 Å². The summed E-state index contributed by atoms with van der Waals surface area (Å²) in [5.74, 6) is 0.884. The number of nitrogens with zero attached hydrogens (tertiary/aromatic N) is 3. The molecule has 0 aliphatic carbocycles. The van der Waals surface area contributed by atoms with Gasteiger partial charge in [-0.2, -0.15) is 0 Å². The van der Waals surface area contributed by atoms with Gasteiger partial charge in [0.2, 0.25) is 0 Å². The largest absolute Gasteiger partial charge is 0.357 e. The number of likely N-dealkylation sites (tertiary alicyclic amines) is 1. The van der Waals surface area contributed by atoms with Crippen LogP contribution in [0, 0.1) is 0 Å². The Morgan fingerprint density at radius 1 is 1.07 bits per heavy atom. The lowest BCUT2D eigenvalue weighted by molar-refractivity contribution is 0.0937. The van der Waals surface area contributed by atoms with Gasteiger partial charge in [0, 0.05) is 30.9 Å². The second-order valence-corrected chi connectivity index (χ2v) is 8.06. The second-order valence-electron chi connectivity index (χ2n) is 7.62. The first kappa shape index (κ1) is 19.2. The van der Waals surface area contributed by atoms with Crippen LogP contribution in [-0.2, 0) is 0 Å². The van der Waals surface area contributed by atoms with Crippen molar-refractivity contribution in [3.8, 4) is 0 Å².